The maximum absolute atomic E-state index is 12.4. The Morgan fingerprint density at radius 3 is 2.72 bits per heavy atom. The lowest BCUT2D eigenvalue weighted by Crippen LogP contribution is -2.20. The van der Waals surface area contributed by atoms with E-state index in [4.69, 9.17) is 16.3 Å². The fraction of sp³-hybridized carbons (Fsp3) is 0.263. The van der Waals surface area contributed by atoms with Crippen molar-refractivity contribution in [1.82, 2.24) is 4.57 Å². The van der Waals surface area contributed by atoms with Gasteiger partial charge < -0.3 is 9.30 Å². The molecule has 3 rings (SSSR count). The quantitative estimate of drug-likeness (QED) is 0.610. The van der Waals surface area contributed by atoms with Gasteiger partial charge >= 0.3 is 0 Å². The molecular formula is C19H19ClN2O2S. The highest BCUT2D eigenvalue weighted by Crippen LogP contribution is 2.17. The smallest absolute Gasteiger partial charge is 0.252 e. The number of carbonyl (C=O) groups excluding carboxylic acids is 1. The predicted molar refractivity (Wildman–Crippen MR) is 102 cm³/mol. The molecule has 0 aliphatic carbocycles. The van der Waals surface area contributed by atoms with Gasteiger partial charge in [0.05, 0.1) is 23.2 Å². The molecule has 130 valence electrons. The molecule has 0 N–H and O–H groups in total. The molecule has 0 aliphatic heterocycles. The van der Waals surface area contributed by atoms with Crippen LogP contribution in [0.2, 0.25) is 5.02 Å². The Hall–Kier alpha value is -1.95. The first kappa shape index (κ1) is 17.9. The van der Waals surface area contributed by atoms with Crippen LogP contribution in [0, 0.1) is 0 Å². The number of benzene rings is 2. The highest BCUT2D eigenvalue weighted by atomic mass is 35.5. The number of fused-ring (bicyclic) bond motifs is 1. The molecule has 0 radical (unpaired) electrons. The second-order valence-corrected chi connectivity index (χ2v) is 6.96. The molecule has 1 heterocycles. The van der Waals surface area contributed by atoms with Gasteiger partial charge in [-0.05, 0) is 36.8 Å². The van der Waals surface area contributed by atoms with Crippen molar-refractivity contribution in [2.24, 2.45) is 4.99 Å². The molecule has 0 saturated carbocycles. The van der Waals surface area contributed by atoms with E-state index in [9.17, 15) is 4.79 Å². The number of carbonyl (C=O) groups is 1. The molecule has 0 aliphatic rings. The summed E-state index contributed by atoms with van der Waals surface area (Å²) in [5.41, 5.74) is 1.98. The lowest BCUT2D eigenvalue weighted by Gasteiger charge is -2.05. The SMILES string of the molecule is CCOCCn1c(=NC(=O)Cc2ccc(Cl)cc2)sc2ccccc21. The third kappa shape index (κ3) is 4.57. The Bertz CT molecular complexity index is 928. The van der Waals surface area contributed by atoms with Crippen LogP contribution in [-0.4, -0.2) is 23.7 Å². The van der Waals surface area contributed by atoms with E-state index in [1.807, 2.05) is 43.3 Å². The number of nitrogens with zero attached hydrogens (tertiary/aromatic N) is 2. The van der Waals surface area contributed by atoms with E-state index in [2.05, 4.69) is 9.56 Å². The van der Waals surface area contributed by atoms with Crippen LogP contribution in [0.3, 0.4) is 0 Å². The summed E-state index contributed by atoms with van der Waals surface area (Å²) < 4.78 is 8.63. The Labute approximate surface area is 155 Å². The molecule has 3 aromatic rings. The summed E-state index contributed by atoms with van der Waals surface area (Å²) in [5, 5.41) is 0.659. The zero-order chi connectivity index (χ0) is 17.6. The van der Waals surface area contributed by atoms with Crippen molar-refractivity contribution >= 4 is 39.1 Å². The van der Waals surface area contributed by atoms with Crippen LogP contribution in [0.4, 0.5) is 0 Å². The van der Waals surface area contributed by atoms with E-state index < -0.39 is 0 Å². The van der Waals surface area contributed by atoms with Gasteiger partial charge in [-0.15, -0.1) is 0 Å². The number of halogens is 1. The summed E-state index contributed by atoms with van der Waals surface area (Å²) in [6, 6.07) is 15.3. The zero-order valence-corrected chi connectivity index (χ0v) is 15.5. The van der Waals surface area contributed by atoms with Crippen LogP contribution in [-0.2, 0) is 22.5 Å². The lowest BCUT2D eigenvalue weighted by atomic mass is 10.1. The Kier molecular flexibility index (Phi) is 6.02. The van der Waals surface area contributed by atoms with Crippen molar-refractivity contribution in [3.8, 4) is 0 Å². The summed E-state index contributed by atoms with van der Waals surface area (Å²) in [6.07, 6.45) is 0.261. The van der Waals surface area contributed by atoms with Gasteiger partial charge in [0.25, 0.3) is 5.91 Å². The van der Waals surface area contributed by atoms with Gasteiger partial charge in [0.2, 0.25) is 0 Å². The minimum atomic E-state index is -0.168. The fourth-order valence-corrected chi connectivity index (χ4v) is 3.74. The van der Waals surface area contributed by atoms with E-state index in [-0.39, 0.29) is 12.3 Å². The highest BCUT2D eigenvalue weighted by Gasteiger charge is 2.08. The van der Waals surface area contributed by atoms with Crippen molar-refractivity contribution in [3.63, 3.8) is 0 Å². The van der Waals surface area contributed by atoms with Crippen LogP contribution >= 0.6 is 22.9 Å². The number of rotatable bonds is 6. The van der Waals surface area contributed by atoms with Crippen molar-refractivity contribution in [2.75, 3.05) is 13.2 Å². The fourth-order valence-electron chi connectivity index (χ4n) is 2.55. The zero-order valence-electron chi connectivity index (χ0n) is 13.9. The van der Waals surface area contributed by atoms with Gasteiger partial charge in [0, 0.05) is 18.2 Å². The van der Waals surface area contributed by atoms with E-state index in [0.717, 1.165) is 15.8 Å². The maximum atomic E-state index is 12.4. The Balaban J connectivity index is 1.89. The van der Waals surface area contributed by atoms with Crippen LogP contribution in [0.15, 0.2) is 53.5 Å². The molecule has 25 heavy (non-hydrogen) atoms. The molecule has 1 aromatic heterocycles. The number of hydrogen-bond donors (Lipinski definition) is 0. The normalized spacial score (nSPS) is 12.0. The molecule has 0 bridgehead atoms. The lowest BCUT2D eigenvalue weighted by molar-refractivity contribution is -0.117. The molecule has 0 saturated heterocycles. The van der Waals surface area contributed by atoms with Gasteiger partial charge in [-0.2, -0.15) is 4.99 Å². The minimum Gasteiger partial charge on any atom is -0.380 e. The highest BCUT2D eigenvalue weighted by molar-refractivity contribution is 7.16. The number of aromatic nitrogens is 1. The summed E-state index contributed by atoms with van der Waals surface area (Å²) >= 11 is 7.40. The van der Waals surface area contributed by atoms with E-state index in [1.54, 1.807) is 12.1 Å². The monoisotopic (exact) mass is 374 g/mol. The largest absolute Gasteiger partial charge is 0.380 e. The van der Waals surface area contributed by atoms with Crippen molar-refractivity contribution < 1.29 is 9.53 Å². The van der Waals surface area contributed by atoms with Gasteiger partial charge in [-0.1, -0.05) is 47.2 Å². The average Bonchev–Trinajstić information content (AvgIpc) is 2.94. The molecule has 4 nitrogen and oxygen atoms in total. The van der Waals surface area contributed by atoms with Crippen molar-refractivity contribution in [1.29, 1.82) is 0 Å². The van der Waals surface area contributed by atoms with E-state index >= 15 is 0 Å². The van der Waals surface area contributed by atoms with Gasteiger partial charge in [0.1, 0.15) is 0 Å². The van der Waals surface area contributed by atoms with Crippen LogP contribution in [0.5, 0.6) is 0 Å². The molecule has 1 amide bonds. The molecule has 0 spiro atoms. The first-order valence-electron chi connectivity index (χ1n) is 8.15. The van der Waals surface area contributed by atoms with E-state index in [0.29, 0.717) is 29.6 Å². The molecule has 2 aromatic carbocycles. The van der Waals surface area contributed by atoms with E-state index in [1.165, 1.54) is 11.3 Å². The number of para-hydroxylation sites is 1. The predicted octanol–water partition coefficient (Wildman–Crippen LogP) is 4.06. The minimum absolute atomic E-state index is 0.168. The van der Waals surface area contributed by atoms with Crippen molar-refractivity contribution in [2.45, 2.75) is 19.9 Å². The summed E-state index contributed by atoms with van der Waals surface area (Å²) in [4.78, 5) is 17.4. The number of thiazole rings is 1. The molecule has 0 fully saturated rings. The Morgan fingerprint density at radius 1 is 1.20 bits per heavy atom. The van der Waals surface area contributed by atoms with Crippen LogP contribution < -0.4 is 4.80 Å². The third-order valence-electron chi connectivity index (χ3n) is 3.74. The van der Waals surface area contributed by atoms with Crippen molar-refractivity contribution in [3.05, 3.63) is 63.9 Å². The van der Waals surface area contributed by atoms with Gasteiger partial charge in [-0.3, -0.25) is 4.79 Å². The van der Waals surface area contributed by atoms with Crippen LogP contribution in [0.1, 0.15) is 12.5 Å². The number of amides is 1. The topological polar surface area (TPSA) is 43.6 Å². The standard InChI is InChI=1S/C19H19ClN2O2S/c1-2-24-12-11-22-16-5-3-4-6-17(16)25-19(22)21-18(23)13-14-7-9-15(20)10-8-14/h3-10H,2,11-13H2,1H3. The second kappa shape index (κ2) is 8.43. The number of ether oxygens (including phenoxy) is 1. The first-order valence-corrected chi connectivity index (χ1v) is 9.35. The van der Waals surface area contributed by atoms with Gasteiger partial charge in [-0.25, -0.2) is 0 Å². The average molecular weight is 375 g/mol. The summed E-state index contributed by atoms with van der Waals surface area (Å²) in [5.74, 6) is -0.168. The summed E-state index contributed by atoms with van der Waals surface area (Å²) in [7, 11) is 0. The summed E-state index contributed by atoms with van der Waals surface area (Å²) in [6.45, 7) is 3.91. The first-order chi connectivity index (χ1) is 12.2. The van der Waals surface area contributed by atoms with Gasteiger partial charge in [0.15, 0.2) is 4.80 Å². The second-order valence-electron chi connectivity index (χ2n) is 5.51. The third-order valence-corrected chi connectivity index (χ3v) is 5.05. The van der Waals surface area contributed by atoms with Crippen LogP contribution in [0.25, 0.3) is 10.2 Å². The molecular weight excluding hydrogens is 356 g/mol. The maximum Gasteiger partial charge on any atom is 0.252 e. The molecule has 0 atom stereocenters. The molecule has 0 unspecified atom stereocenters. The molecule has 6 heteroatoms. The number of hydrogen-bond acceptors (Lipinski definition) is 3. The Morgan fingerprint density at radius 2 is 1.96 bits per heavy atom.